The third-order valence-electron chi connectivity index (χ3n) is 4.62. The molecule has 0 aromatic carbocycles. The highest BCUT2D eigenvalue weighted by atomic mass is 31.2. The molecule has 1 aliphatic carbocycles. The fraction of sp³-hybridized carbons (Fsp3) is 0.643. The summed E-state index contributed by atoms with van der Waals surface area (Å²) in [6, 6.07) is 0. The van der Waals surface area contributed by atoms with E-state index in [-0.39, 0.29) is 30.0 Å². The topological polar surface area (TPSA) is 157 Å². The molecule has 0 radical (unpaired) electrons. The van der Waals surface area contributed by atoms with Crippen molar-refractivity contribution in [1.82, 2.24) is 19.5 Å². The molecule has 3 rings (SSSR count). The fourth-order valence-corrected chi connectivity index (χ4v) is 4.32. The van der Waals surface area contributed by atoms with E-state index >= 15 is 0 Å². The molecule has 5 N–H and O–H groups in total. The van der Waals surface area contributed by atoms with Crippen molar-refractivity contribution in [2.45, 2.75) is 55.5 Å². The van der Waals surface area contributed by atoms with E-state index < -0.39 is 56.2 Å². The van der Waals surface area contributed by atoms with E-state index in [1.807, 2.05) is 0 Å². The number of rotatable bonds is 7. The zero-order chi connectivity index (χ0) is 23.5. The highest BCUT2D eigenvalue weighted by Gasteiger charge is 2.64. The Morgan fingerprint density at radius 3 is 2.13 bits per heavy atom. The van der Waals surface area contributed by atoms with E-state index in [2.05, 4.69) is 15.0 Å². The van der Waals surface area contributed by atoms with Crippen LogP contribution < -0.4 is 5.73 Å². The maximum atomic E-state index is 13.1. The molecule has 1 aliphatic rings. The molecule has 2 aromatic rings. The average Bonchev–Trinajstić information content (AvgIpc) is 3.14. The number of alkyl halides is 6. The van der Waals surface area contributed by atoms with E-state index in [4.69, 9.17) is 10.5 Å². The number of halogens is 6. The molecule has 10 nitrogen and oxygen atoms in total. The number of fused-ring (bicyclic) bond motifs is 1. The van der Waals surface area contributed by atoms with Gasteiger partial charge in [0.05, 0.1) is 31.3 Å². The quantitative estimate of drug-likeness (QED) is 0.346. The third kappa shape index (κ3) is 5.19. The van der Waals surface area contributed by atoms with Gasteiger partial charge in [-0.05, 0) is 12.8 Å². The fourth-order valence-electron chi connectivity index (χ4n) is 3.23. The smallest absolute Gasteiger partial charge is 0.392 e. The number of nitrogen functional groups attached to an aromatic ring is 1. The minimum Gasteiger partial charge on any atom is -0.492 e. The van der Waals surface area contributed by atoms with Gasteiger partial charge in [-0.2, -0.15) is 36.3 Å². The molecule has 0 spiro atoms. The van der Waals surface area contributed by atoms with Crippen molar-refractivity contribution < 1.29 is 50.5 Å². The number of hydrogen-bond acceptors (Lipinski definition) is 7. The molecule has 174 valence electrons. The number of ether oxygens (including phenoxy) is 1. The zero-order valence-corrected chi connectivity index (χ0v) is 16.2. The van der Waals surface area contributed by atoms with E-state index in [1.54, 1.807) is 0 Å². The normalized spacial score (nSPS) is 17.3. The highest BCUT2D eigenvalue weighted by molar-refractivity contribution is 7.53. The molecule has 0 unspecified atom stereocenters. The molecule has 0 bridgehead atoms. The van der Waals surface area contributed by atoms with Gasteiger partial charge in [-0.15, -0.1) is 0 Å². The van der Waals surface area contributed by atoms with Gasteiger partial charge in [-0.1, -0.05) is 0 Å². The van der Waals surface area contributed by atoms with Crippen LogP contribution in [0.3, 0.4) is 0 Å². The second-order valence-electron chi connectivity index (χ2n) is 7.31. The summed E-state index contributed by atoms with van der Waals surface area (Å²) in [6.07, 6.45) is -14.9. The van der Waals surface area contributed by atoms with Crippen LogP contribution in [0.25, 0.3) is 11.2 Å². The Balaban J connectivity index is 2.00. The molecule has 0 saturated heterocycles. The van der Waals surface area contributed by atoms with Crippen LogP contribution in [0.15, 0.2) is 6.33 Å². The van der Waals surface area contributed by atoms with Gasteiger partial charge in [0, 0.05) is 0 Å². The molecule has 2 aromatic heterocycles. The van der Waals surface area contributed by atoms with Crippen LogP contribution in [-0.4, -0.2) is 57.7 Å². The van der Waals surface area contributed by atoms with E-state index in [0.717, 1.165) is 10.9 Å². The third-order valence-corrected chi connectivity index (χ3v) is 6.09. The Kier molecular flexibility index (Phi) is 5.45. The molecule has 0 aliphatic heterocycles. The summed E-state index contributed by atoms with van der Waals surface area (Å²) in [4.78, 5) is 30.1. The molecular formula is C14H16F6N5O5P. The maximum absolute atomic E-state index is 13.1. The standard InChI is InChI=1S/C14H16F6N5O5P/c15-13(16,17)3-12(31(27,28)29,4-14(18,19)20)30-11(1-2-11)5-25-6-22-7-8(25)23-10(21)24-9(7)26/h6H,1-5H2,(H2,27,28,29)(H3,21,23,24,26). The van der Waals surface area contributed by atoms with Crippen molar-refractivity contribution in [3.05, 3.63) is 6.33 Å². The van der Waals surface area contributed by atoms with Crippen molar-refractivity contribution in [1.29, 1.82) is 0 Å². The summed E-state index contributed by atoms with van der Waals surface area (Å²) in [7, 11) is -6.08. The summed E-state index contributed by atoms with van der Waals surface area (Å²) in [5.74, 6) is -0.984. The van der Waals surface area contributed by atoms with Gasteiger partial charge >= 0.3 is 19.9 Å². The predicted octanol–water partition coefficient (Wildman–Crippen LogP) is 2.44. The summed E-state index contributed by atoms with van der Waals surface area (Å²) in [5.41, 5.74) is 3.43. The van der Waals surface area contributed by atoms with Crippen LogP contribution in [0.2, 0.25) is 0 Å². The number of aromatic hydroxyl groups is 1. The molecule has 1 saturated carbocycles. The SMILES string of the molecule is Nc1nc(O)c2ncn(CC3(OC(CC(F)(F)F)(CC(F)(F)F)P(=O)(O)O)CC3)c2n1. The first-order valence-electron chi connectivity index (χ1n) is 8.51. The minimum atomic E-state index is -6.08. The van der Waals surface area contributed by atoms with Crippen LogP contribution in [0.5, 0.6) is 5.88 Å². The number of imidazole rings is 1. The second-order valence-corrected chi connectivity index (χ2v) is 9.21. The lowest BCUT2D eigenvalue weighted by Gasteiger charge is -2.38. The van der Waals surface area contributed by atoms with Crippen molar-refractivity contribution >= 4 is 24.7 Å². The molecular weight excluding hydrogens is 463 g/mol. The molecule has 2 heterocycles. The van der Waals surface area contributed by atoms with Crippen molar-refractivity contribution in [2.24, 2.45) is 0 Å². The van der Waals surface area contributed by atoms with Crippen molar-refractivity contribution in [2.75, 3.05) is 5.73 Å². The van der Waals surface area contributed by atoms with Gasteiger partial charge in [0.2, 0.25) is 11.8 Å². The number of anilines is 1. The lowest BCUT2D eigenvalue weighted by atomic mass is 10.1. The summed E-state index contributed by atoms with van der Waals surface area (Å²) in [6.45, 7) is -0.448. The van der Waals surface area contributed by atoms with Gasteiger partial charge in [0.15, 0.2) is 16.5 Å². The summed E-state index contributed by atoms with van der Waals surface area (Å²) < 4.78 is 96.4. The van der Waals surface area contributed by atoms with Crippen LogP contribution in [0.4, 0.5) is 32.3 Å². The first-order chi connectivity index (χ1) is 13.9. The van der Waals surface area contributed by atoms with Gasteiger partial charge < -0.3 is 29.9 Å². The molecule has 1 fully saturated rings. The van der Waals surface area contributed by atoms with Gasteiger partial charge in [0.25, 0.3) is 0 Å². The van der Waals surface area contributed by atoms with Crippen LogP contribution in [-0.2, 0) is 15.8 Å². The minimum absolute atomic E-state index is 0.0866. The molecule has 17 heteroatoms. The van der Waals surface area contributed by atoms with Crippen LogP contribution >= 0.6 is 7.60 Å². The molecule has 31 heavy (non-hydrogen) atoms. The number of hydrogen-bond donors (Lipinski definition) is 4. The Morgan fingerprint density at radius 1 is 1.13 bits per heavy atom. The Bertz CT molecular complexity index is 1010. The van der Waals surface area contributed by atoms with Gasteiger partial charge in [-0.3, -0.25) is 4.57 Å². The van der Waals surface area contributed by atoms with Gasteiger partial charge in [-0.25, -0.2) is 4.98 Å². The molecule has 0 amide bonds. The largest absolute Gasteiger partial charge is 0.492 e. The lowest BCUT2D eigenvalue weighted by molar-refractivity contribution is -0.225. The maximum Gasteiger partial charge on any atom is 0.392 e. The Hall–Kier alpha value is -2.16. The van der Waals surface area contributed by atoms with Crippen molar-refractivity contribution in [3.8, 4) is 5.88 Å². The lowest BCUT2D eigenvalue weighted by Crippen LogP contribution is -2.46. The number of aromatic nitrogens is 4. The van der Waals surface area contributed by atoms with E-state index in [1.165, 1.54) is 0 Å². The van der Waals surface area contributed by atoms with Gasteiger partial charge in [0.1, 0.15) is 0 Å². The van der Waals surface area contributed by atoms with E-state index in [9.17, 15) is 45.8 Å². The first kappa shape index (κ1) is 23.5. The monoisotopic (exact) mass is 479 g/mol. The Labute approximate surface area is 169 Å². The summed E-state index contributed by atoms with van der Waals surface area (Å²) in [5, 5.41) is 5.87. The van der Waals surface area contributed by atoms with Crippen LogP contribution in [0.1, 0.15) is 25.7 Å². The second kappa shape index (κ2) is 7.18. The van der Waals surface area contributed by atoms with E-state index in [0.29, 0.717) is 0 Å². The number of nitrogens with zero attached hydrogens (tertiary/aromatic N) is 4. The Morgan fingerprint density at radius 2 is 1.68 bits per heavy atom. The zero-order valence-electron chi connectivity index (χ0n) is 15.4. The average molecular weight is 479 g/mol. The summed E-state index contributed by atoms with van der Waals surface area (Å²) >= 11 is 0. The van der Waals surface area contributed by atoms with Crippen molar-refractivity contribution in [3.63, 3.8) is 0 Å². The number of nitrogens with two attached hydrogens (primary N) is 1. The highest BCUT2D eigenvalue weighted by Crippen LogP contribution is 2.63. The predicted molar refractivity (Wildman–Crippen MR) is 90.6 cm³/mol. The first-order valence-corrected chi connectivity index (χ1v) is 10.1. The van der Waals surface area contributed by atoms with Crippen LogP contribution in [0, 0.1) is 0 Å². The molecule has 0 atom stereocenters.